The molecule has 0 aliphatic rings. The van der Waals surface area contributed by atoms with E-state index in [2.05, 4.69) is 4.98 Å². The first-order valence-electron chi connectivity index (χ1n) is 10.5. The van der Waals surface area contributed by atoms with Gasteiger partial charge in [-0.15, -0.1) is 0 Å². The lowest BCUT2D eigenvalue weighted by Gasteiger charge is -2.17. The van der Waals surface area contributed by atoms with Crippen LogP contribution in [-0.4, -0.2) is 112 Å². The van der Waals surface area contributed by atoms with Crippen LogP contribution in [0.4, 0.5) is 0 Å². The first-order chi connectivity index (χ1) is 16.7. The number of fused-ring (bicyclic) bond motifs is 3. The average molecular weight is 596 g/mol. The van der Waals surface area contributed by atoms with Gasteiger partial charge in [-0.2, -0.15) is 0 Å². The summed E-state index contributed by atoms with van der Waals surface area (Å²) in [6.45, 7) is 0. The Morgan fingerprint density at radius 3 is 1.32 bits per heavy atom. The summed E-state index contributed by atoms with van der Waals surface area (Å²) in [5, 5.41) is -0.0694. The zero-order valence-electron chi connectivity index (χ0n) is 21.5. The number of nitrogens with one attached hydrogen (secondary N) is 1. The smallest absolute Gasteiger partial charge is 0.244 e. The van der Waals surface area contributed by atoms with E-state index in [0.717, 1.165) is 29.4 Å². The van der Waals surface area contributed by atoms with Crippen LogP contribution < -0.4 is 0 Å². The van der Waals surface area contributed by atoms with Gasteiger partial charge < -0.3 is 4.98 Å². The molecule has 3 aromatic rings. The first-order valence-corrected chi connectivity index (χ1v) is 16.3. The third kappa shape index (κ3) is 4.67. The van der Waals surface area contributed by atoms with Crippen molar-refractivity contribution >= 4 is 61.9 Å². The van der Waals surface area contributed by atoms with E-state index in [1.807, 2.05) is 0 Å². The molecule has 1 heterocycles. The monoisotopic (exact) mass is 595 g/mol. The Morgan fingerprint density at radius 1 is 0.514 bits per heavy atom. The van der Waals surface area contributed by atoms with Crippen LogP contribution in [0.25, 0.3) is 21.8 Å². The van der Waals surface area contributed by atoms with Crippen LogP contribution in [0, 0.1) is 0 Å². The quantitative estimate of drug-likeness (QED) is 0.389. The molecule has 0 saturated heterocycles. The predicted octanol–water partition coefficient (Wildman–Crippen LogP) is 0.322. The Balaban J connectivity index is 2.74. The van der Waals surface area contributed by atoms with E-state index in [1.54, 1.807) is 0 Å². The van der Waals surface area contributed by atoms with E-state index in [-0.39, 0.29) is 31.6 Å². The van der Waals surface area contributed by atoms with Crippen LogP contribution in [0.2, 0.25) is 0 Å². The van der Waals surface area contributed by atoms with Crippen LogP contribution in [-0.2, 0) is 40.1 Å². The molecule has 0 saturated carbocycles. The SMILES string of the molecule is CN(C)S(=O)(=O)c1cc(S(=O)(=O)N(C)C)c2c(c1)[nH]c1c(S(=O)(=O)N(C)C)cc(S(=O)(=O)N(C)C)cc12. The number of benzene rings is 2. The Morgan fingerprint density at radius 2 is 0.892 bits per heavy atom. The second-order valence-electron chi connectivity index (χ2n) is 8.96. The zero-order chi connectivity index (χ0) is 28.5. The van der Waals surface area contributed by atoms with Gasteiger partial charge in [0.05, 0.1) is 20.2 Å². The Kier molecular flexibility index (Phi) is 7.37. The lowest BCUT2D eigenvalue weighted by atomic mass is 10.1. The number of aromatic nitrogens is 1. The third-order valence-electron chi connectivity index (χ3n) is 5.75. The van der Waals surface area contributed by atoms with Crippen molar-refractivity contribution in [2.24, 2.45) is 0 Å². The van der Waals surface area contributed by atoms with Crippen molar-refractivity contribution in [2.45, 2.75) is 19.6 Å². The Hall–Kier alpha value is -2.12. The average Bonchev–Trinajstić information content (AvgIpc) is 3.15. The minimum Gasteiger partial charge on any atom is -0.353 e. The third-order valence-corrected chi connectivity index (χ3v) is 13.0. The molecule has 0 aliphatic carbocycles. The summed E-state index contributed by atoms with van der Waals surface area (Å²) in [4.78, 5) is 1.25. The van der Waals surface area contributed by atoms with Crippen molar-refractivity contribution in [1.82, 2.24) is 22.2 Å². The van der Waals surface area contributed by atoms with Gasteiger partial charge in [0.15, 0.2) is 0 Å². The van der Waals surface area contributed by atoms with Crippen molar-refractivity contribution < 1.29 is 33.7 Å². The second kappa shape index (κ2) is 9.26. The summed E-state index contributed by atoms with van der Waals surface area (Å²) in [5.41, 5.74) is -0.0797. The molecule has 0 amide bonds. The van der Waals surface area contributed by atoms with Gasteiger partial charge in [-0.3, -0.25) is 0 Å². The summed E-state index contributed by atoms with van der Waals surface area (Å²) in [6.07, 6.45) is 0. The predicted molar refractivity (Wildman–Crippen MR) is 139 cm³/mol. The topological polar surface area (TPSA) is 165 Å². The van der Waals surface area contributed by atoms with Gasteiger partial charge in [0, 0.05) is 72.7 Å². The number of nitrogens with zero attached hydrogens (tertiary/aromatic N) is 4. The van der Waals surface area contributed by atoms with Gasteiger partial charge in [0.1, 0.15) is 4.90 Å². The molecule has 0 spiro atoms. The number of hydrogen-bond donors (Lipinski definition) is 1. The lowest BCUT2D eigenvalue weighted by molar-refractivity contribution is 0.516. The molecule has 17 heteroatoms. The first kappa shape index (κ1) is 29.4. The highest BCUT2D eigenvalue weighted by Crippen LogP contribution is 2.39. The van der Waals surface area contributed by atoms with Crippen molar-refractivity contribution in [3.05, 3.63) is 24.3 Å². The molecule has 37 heavy (non-hydrogen) atoms. The fraction of sp³-hybridized carbons (Fsp3) is 0.400. The molecule has 3 rings (SSSR count). The van der Waals surface area contributed by atoms with E-state index < -0.39 is 49.9 Å². The summed E-state index contributed by atoms with van der Waals surface area (Å²) in [6, 6.07) is 4.33. The molecule has 13 nitrogen and oxygen atoms in total. The highest BCUT2D eigenvalue weighted by molar-refractivity contribution is 7.90. The molecule has 1 aromatic heterocycles. The van der Waals surface area contributed by atoms with Crippen LogP contribution >= 0.6 is 0 Å². The fourth-order valence-electron chi connectivity index (χ4n) is 3.54. The number of rotatable bonds is 8. The highest BCUT2D eigenvalue weighted by Gasteiger charge is 2.32. The number of H-pyrrole nitrogens is 1. The van der Waals surface area contributed by atoms with Crippen molar-refractivity contribution in [3.8, 4) is 0 Å². The minimum atomic E-state index is -4.29. The number of aromatic amines is 1. The van der Waals surface area contributed by atoms with E-state index in [1.165, 1.54) is 68.5 Å². The molecule has 0 aliphatic heterocycles. The molecule has 0 atom stereocenters. The molecule has 0 unspecified atom stereocenters. The maximum absolute atomic E-state index is 13.4. The number of hydrogen-bond acceptors (Lipinski definition) is 8. The minimum absolute atomic E-state index is 0.00652. The maximum atomic E-state index is 13.4. The van der Waals surface area contributed by atoms with E-state index in [0.29, 0.717) is 0 Å². The Labute approximate surface area is 217 Å². The van der Waals surface area contributed by atoms with Gasteiger partial charge in [-0.05, 0) is 24.3 Å². The molecular weight excluding hydrogens is 567 g/mol. The molecule has 2 aromatic carbocycles. The standard InChI is InChI=1S/C20H29N5O8S4/c1-22(2)34(26,27)13-9-15-19-16(21-20(15)18(12-13)37(32,33)25(7)8)10-14(35(28,29)23(3)4)11-17(19)36(30,31)24(5)6/h9-12,21H,1-8H3. The Bertz CT molecular complexity index is 1840. The largest absolute Gasteiger partial charge is 0.353 e. The van der Waals surface area contributed by atoms with Gasteiger partial charge in [0.2, 0.25) is 40.1 Å². The molecule has 0 radical (unpaired) electrons. The van der Waals surface area contributed by atoms with Gasteiger partial charge in [0.25, 0.3) is 0 Å². The lowest BCUT2D eigenvalue weighted by Crippen LogP contribution is -2.25. The molecule has 0 bridgehead atoms. The summed E-state index contributed by atoms with van der Waals surface area (Å²) >= 11 is 0. The van der Waals surface area contributed by atoms with Crippen molar-refractivity contribution in [2.75, 3.05) is 56.4 Å². The van der Waals surface area contributed by atoms with Crippen LogP contribution in [0.3, 0.4) is 0 Å². The van der Waals surface area contributed by atoms with Gasteiger partial charge in [-0.25, -0.2) is 50.9 Å². The number of sulfonamides is 4. The van der Waals surface area contributed by atoms with E-state index in [9.17, 15) is 33.7 Å². The van der Waals surface area contributed by atoms with Crippen molar-refractivity contribution in [3.63, 3.8) is 0 Å². The van der Waals surface area contributed by atoms with E-state index >= 15 is 0 Å². The van der Waals surface area contributed by atoms with E-state index in [4.69, 9.17) is 0 Å². The van der Waals surface area contributed by atoms with Crippen LogP contribution in [0.1, 0.15) is 0 Å². The molecule has 1 N–H and O–H groups in total. The van der Waals surface area contributed by atoms with Crippen LogP contribution in [0.5, 0.6) is 0 Å². The summed E-state index contributed by atoms with van der Waals surface area (Å²) in [5.74, 6) is 0. The summed E-state index contributed by atoms with van der Waals surface area (Å²) in [7, 11) is -6.65. The second-order valence-corrected chi connectivity index (χ2v) is 17.5. The maximum Gasteiger partial charge on any atom is 0.244 e. The molecule has 0 fully saturated rings. The normalized spacial score (nSPS) is 14.2. The van der Waals surface area contributed by atoms with Gasteiger partial charge >= 0.3 is 0 Å². The summed E-state index contributed by atoms with van der Waals surface area (Å²) < 4.78 is 109. The molecular formula is C20H29N5O8S4. The van der Waals surface area contributed by atoms with Crippen LogP contribution in [0.15, 0.2) is 43.8 Å². The van der Waals surface area contributed by atoms with Crippen molar-refractivity contribution in [1.29, 1.82) is 0 Å². The van der Waals surface area contributed by atoms with Gasteiger partial charge in [-0.1, -0.05) is 0 Å². The highest BCUT2D eigenvalue weighted by atomic mass is 32.2. The molecule has 206 valence electrons. The fourth-order valence-corrected chi connectivity index (χ4v) is 7.83. The zero-order valence-corrected chi connectivity index (χ0v) is 24.8.